The molecule has 10 heavy (non-hydrogen) atoms. The average Bonchev–Trinajstić information content (AvgIpc) is 1.87. The van der Waals surface area contributed by atoms with E-state index in [-0.39, 0.29) is 0 Å². The van der Waals surface area contributed by atoms with E-state index < -0.39 is 7.59 Å². The smallest absolute Gasteiger partial charge is 0.187 e. The highest BCUT2D eigenvalue weighted by Gasteiger charge is 1.89. The highest BCUT2D eigenvalue weighted by atomic mass is 31.1. The third-order valence-corrected chi connectivity index (χ3v) is 2.19. The number of hydrogen-bond acceptors (Lipinski definition) is 2. The Morgan fingerprint density at radius 3 is 2.30 bits per heavy atom. The van der Waals surface area contributed by atoms with Crippen LogP contribution in [0, 0.1) is 5.16 Å². The summed E-state index contributed by atoms with van der Waals surface area (Å²) in [4.78, 5) is 0. The van der Waals surface area contributed by atoms with Gasteiger partial charge in [-0.1, -0.05) is 32.6 Å². The van der Waals surface area contributed by atoms with Crippen molar-refractivity contribution in [3.63, 3.8) is 0 Å². The van der Waals surface area contributed by atoms with Crippen LogP contribution in [0.5, 0.6) is 0 Å². The van der Waals surface area contributed by atoms with E-state index in [0.717, 1.165) is 12.8 Å². The standard InChI is InChI=1S/C7H16NOP/c1-2-3-4-5-6-7-10(8)9/h8H,2-7H2,1H3. The molecule has 60 valence electrons. The van der Waals surface area contributed by atoms with Crippen molar-refractivity contribution < 1.29 is 4.57 Å². The largest absolute Gasteiger partial charge is 0.262 e. The van der Waals surface area contributed by atoms with Gasteiger partial charge in [-0.25, -0.2) is 0 Å². The van der Waals surface area contributed by atoms with Crippen LogP contribution in [0.2, 0.25) is 0 Å². The molecule has 0 radical (unpaired) electrons. The Hall–Kier alpha value is -0.100. The zero-order chi connectivity index (χ0) is 7.82. The fraction of sp³-hybridized carbons (Fsp3) is 1.00. The van der Waals surface area contributed by atoms with E-state index in [4.69, 9.17) is 5.16 Å². The van der Waals surface area contributed by atoms with E-state index in [1.807, 2.05) is 0 Å². The second-order valence-electron chi connectivity index (χ2n) is 2.52. The molecule has 0 aromatic heterocycles. The van der Waals surface area contributed by atoms with Crippen LogP contribution in [0.3, 0.4) is 0 Å². The minimum Gasteiger partial charge on any atom is -0.262 e. The van der Waals surface area contributed by atoms with Crippen molar-refractivity contribution in [3.05, 3.63) is 0 Å². The zero-order valence-electron chi connectivity index (χ0n) is 6.60. The summed E-state index contributed by atoms with van der Waals surface area (Å²) in [5.74, 6) is 0. The first-order chi connectivity index (χ1) is 4.77. The maximum absolute atomic E-state index is 10.3. The van der Waals surface area contributed by atoms with Crippen LogP contribution in [0.1, 0.15) is 39.0 Å². The van der Waals surface area contributed by atoms with Crippen LogP contribution in [-0.4, -0.2) is 6.16 Å². The molecule has 0 heterocycles. The molecular formula is C7H16NOP. The fourth-order valence-corrected chi connectivity index (χ4v) is 1.37. The van der Waals surface area contributed by atoms with Gasteiger partial charge >= 0.3 is 0 Å². The Labute approximate surface area is 63.3 Å². The van der Waals surface area contributed by atoms with Crippen molar-refractivity contribution in [1.82, 2.24) is 0 Å². The SMILES string of the molecule is CCCCCCCP(=N)=O. The van der Waals surface area contributed by atoms with Gasteiger partial charge in [-0.15, -0.1) is 0 Å². The average molecular weight is 161 g/mol. The topological polar surface area (TPSA) is 40.9 Å². The normalized spacial score (nSPS) is 11.5. The minimum absolute atomic E-state index is 0.596. The van der Waals surface area contributed by atoms with E-state index >= 15 is 0 Å². The Morgan fingerprint density at radius 2 is 1.80 bits per heavy atom. The van der Waals surface area contributed by atoms with E-state index in [9.17, 15) is 4.57 Å². The first kappa shape index (κ1) is 9.90. The molecular weight excluding hydrogens is 145 g/mol. The van der Waals surface area contributed by atoms with Crippen molar-refractivity contribution in [2.45, 2.75) is 39.0 Å². The van der Waals surface area contributed by atoms with Crippen molar-refractivity contribution in [2.24, 2.45) is 0 Å². The molecule has 0 fully saturated rings. The third kappa shape index (κ3) is 7.90. The molecule has 0 rings (SSSR count). The Bertz CT molecular complexity index is 124. The highest BCUT2D eigenvalue weighted by molar-refractivity contribution is 7.32. The third-order valence-electron chi connectivity index (χ3n) is 1.46. The second-order valence-corrected chi connectivity index (χ2v) is 3.72. The molecule has 0 saturated carbocycles. The molecule has 0 aliphatic heterocycles. The number of nitrogens with one attached hydrogen (secondary N) is 1. The predicted molar refractivity (Wildman–Crippen MR) is 44.0 cm³/mol. The zero-order valence-corrected chi connectivity index (χ0v) is 7.49. The predicted octanol–water partition coefficient (Wildman–Crippen LogP) is 3.55. The lowest BCUT2D eigenvalue weighted by atomic mass is 10.2. The molecule has 0 aromatic rings. The fourth-order valence-electron chi connectivity index (χ4n) is 0.859. The number of hydrogen-bond donors (Lipinski definition) is 1. The van der Waals surface area contributed by atoms with Gasteiger partial charge in [-0.2, -0.15) is 0 Å². The summed E-state index contributed by atoms with van der Waals surface area (Å²) in [6, 6.07) is 0. The summed E-state index contributed by atoms with van der Waals surface area (Å²) in [7, 11) is -1.62. The quantitative estimate of drug-likeness (QED) is 0.469. The number of unbranched alkanes of at least 4 members (excludes halogenated alkanes) is 4. The summed E-state index contributed by atoms with van der Waals surface area (Å²) in [6.45, 7) is 2.17. The van der Waals surface area contributed by atoms with E-state index in [0.29, 0.717) is 6.16 Å². The summed E-state index contributed by atoms with van der Waals surface area (Å²) in [5, 5.41) is 6.77. The van der Waals surface area contributed by atoms with Gasteiger partial charge in [-0.3, -0.25) is 9.73 Å². The van der Waals surface area contributed by atoms with Gasteiger partial charge in [0, 0.05) is 6.16 Å². The molecule has 0 aliphatic rings. The van der Waals surface area contributed by atoms with Crippen LogP contribution in [0.15, 0.2) is 0 Å². The van der Waals surface area contributed by atoms with Gasteiger partial charge in [0.25, 0.3) is 0 Å². The Balaban J connectivity index is 2.91. The molecule has 1 atom stereocenters. The maximum atomic E-state index is 10.3. The Kier molecular flexibility index (Phi) is 6.94. The van der Waals surface area contributed by atoms with Gasteiger partial charge in [0.05, 0.1) is 0 Å². The molecule has 0 amide bonds. The highest BCUT2D eigenvalue weighted by Crippen LogP contribution is 2.10. The molecule has 0 bridgehead atoms. The van der Waals surface area contributed by atoms with Crippen molar-refractivity contribution in [2.75, 3.05) is 6.16 Å². The lowest BCUT2D eigenvalue weighted by Gasteiger charge is -1.93. The van der Waals surface area contributed by atoms with Crippen LogP contribution in [-0.2, 0) is 4.57 Å². The molecule has 1 N–H and O–H groups in total. The van der Waals surface area contributed by atoms with E-state index in [2.05, 4.69) is 6.92 Å². The van der Waals surface area contributed by atoms with Gasteiger partial charge in [-0.05, 0) is 6.42 Å². The first-order valence-corrected chi connectivity index (χ1v) is 5.37. The van der Waals surface area contributed by atoms with E-state index in [1.54, 1.807) is 0 Å². The molecule has 0 spiro atoms. The van der Waals surface area contributed by atoms with Crippen molar-refractivity contribution >= 4 is 7.59 Å². The molecule has 2 nitrogen and oxygen atoms in total. The monoisotopic (exact) mass is 161 g/mol. The van der Waals surface area contributed by atoms with E-state index in [1.165, 1.54) is 19.3 Å². The minimum atomic E-state index is -1.62. The number of rotatable bonds is 6. The van der Waals surface area contributed by atoms with Gasteiger partial charge < -0.3 is 0 Å². The summed E-state index contributed by atoms with van der Waals surface area (Å²) in [6.07, 6.45) is 6.47. The summed E-state index contributed by atoms with van der Waals surface area (Å²) in [5.41, 5.74) is 0. The lowest BCUT2D eigenvalue weighted by molar-refractivity contribution is 0.586. The van der Waals surface area contributed by atoms with Gasteiger partial charge in [0.2, 0.25) is 0 Å². The van der Waals surface area contributed by atoms with Crippen LogP contribution in [0.4, 0.5) is 0 Å². The first-order valence-electron chi connectivity index (χ1n) is 3.93. The molecule has 3 heteroatoms. The van der Waals surface area contributed by atoms with Crippen molar-refractivity contribution in [3.8, 4) is 0 Å². The van der Waals surface area contributed by atoms with Crippen LogP contribution >= 0.6 is 7.59 Å². The summed E-state index contributed by atoms with van der Waals surface area (Å²) >= 11 is 0. The molecule has 0 aliphatic carbocycles. The van der Waals surface area contributed by atoms with Gasteiger partial charge in [0.15, 0.2) is 7.59 Å². The van der Waals surface area contributed by atoms with Crippen LogP contribution in [0.25, 0.3) is 0 Å². The second kappa shape index (κ2) is 7.01. The molecule has 0 saturated heterocycles. The Morgan fingerprint density at radius 1 is 1.20 bits per heavy atom. The van der Waals surface area contributed by atoms with Crippen molar-refractivity contribution in [1.29, 1.82) is 5.16 Å². The van der Waals surface area contributed by atoms with Crippen LogP contribution < -0.4 is 0 Å². The van der Waals surface area contributed by atoms with Gasteiger partial charge in [0.1, 0.15) is 0 Å². The molecule has 0 aromatic carbocycles. The lowest BCUT2D eigenvalue weighted by Crippen LogP contribution is -1.77. The molecule has 1 unspecified atom stereocenters. The maximum Gasteiger partial charge on any atom is 0.187 e. The summed E-state index contributed by atoms with van der Waals surface area (Å²) < 4.78 is 10.3.